The van der Waals surface area contributed by atoms with E-state index in [4.69, 9.17) is 4.74 Å². The van der Waals surface area contributed by atoms with E-state index in [2.05, 4.69) is 18.8 Å². The molecule has 5 heteroatoms. The quantitative estimate of drug-likeness (QED) is 0.837. The maximum atomic E-state index is 12.5. The van der Waals surface area contributed by atoms with Crippen LogP contribution < -0.4 is 0 Å². The predicted molar refractivity (Wildman–Crippen MR) is 105 cm³/mol. The number of fused-ring (bicyclic) bond motifs is 3. The molecule has 4 rings (SSSR count). The molecule has 1 fully saturated rings. The number of nitrogens with zero attached hydrogens (tertiary/aromatic N) is 1. The molecule has 1 N–H and O–H groups in total. The summed E-state index contributed by atoms with van der Waals surface area (Å²) in [5, 5.41) is 1.11. The molecule has 1 aromatic carbocycles. The van der Waals surface area contributed by atoms with Crippen LogP contribution in [0.1, 0.15) is 61.1 Å². The van der Waals surface area contributed by atoms with Crippen molar-refractivity contribution < 1.29 is 14.3 Å². The molecule has 1 amide bonds. The van der Waals surface area contributed by atoms with Crippen molar-refractivity contribution in [2.75, 3.05) is 13.2 Å². The molecule has 2 atom stereocenters. The SMILES string of the molecule is C[C@H]1CCc2[nH]c3ccc(C(=O)OCC(=O)N4CCCC[C@H]4C)cc3c2C1. The van der Waals surface area contributed by atoms with Gasteiger partial charge in [-0.1, -0.05) is 6.92 Å². The van der Waals surface area contributed by atoms with Gasteiger partial charge in [0.15, 0.2) is 6.61 Å². The van der Waals surface area contributed by atoms with Crippen LogP contribution in [0.2, 0.25) is 0 Å². The highest BCUT2D eigenvalue weighted by Gasteiger charge is 2.25. The molecule has 144 valence electrons. The van der Waals surface area contributed by atoms with Crippen molar-refractivity contribution in [3.8, 4) is 0 Å². The number of ether oxygens (including phenoxy) is 1. The molecule has 0 saturated carbocycles. The zero-order valence-electron chi connectivity index (χ0n) is 16.2. The van der Waals surface area contributed by atoms with Crippen LogP contribution in [-0.2, 0) is 22.4 Å². The van der Waals surface area contributed by atoms with Crippen molar-refractivity contribution >= 4 is 22.8 Å². The second kappa shape index (κ2) is 7.37. The van der Waals surface area contributed by atoms with Crippen LogP contribution in [0.3, 0.4) is 0 Å². The fraction of sp³-hybridized carbons (Fsp3) is 0.545. The van der Waals surface area contributed by atoms with Gasteiger partial charge in [-0.2, -0.15) is 0 Å². The number of hydrogen-bond acceptors (Lipinski definition) is 3. The molecule has 0 radical (unpaired) electrons. The highest BCUT2D eigenvalue weighted by Crippen LogP contribution is 2.32. The fourth-order valence-electron chi connectivity index (χ4n) is 4.48. The predicted octanol–water partition coefficient (Wildman–Crippen LogP) is 3.85. The van der Waals surface area contributed by atoms with E-state index >= 15 is 0 Å². The molecular weight excluding hydrogens is 340 g/mol. The van der Waals surface area contributed by atoms with E-state index < -0.39 is 5.97 Å². The fourth-order valence-corrected chi connectivity index (χ4v) is 4.48. The number of likely N-dealkylation sites (tertiary alicyclic amines) is 1. The maximum absolute atomic E-state index is 12.5. The number of aromatic nitrogens is 1. The Hall–Kier alpha value is -2.30. The number of piperidine rings is 1. The Bertz CT molecular complexity index is 870. The summed E-state index contributed by atoms with van der Waals surface area (Å²) < 4.78 is 5.34. The second-order valence-electron chi connectivity index (χ2n) is 8.20. The number of aryl methyl sites for hydroxylation is 1. The number of rotatable bonds is 3. The van der Waals surface area contributed by atoms with Crippen molar-refractivity contribution in [2.24, 2.45) is 5.92 Å². The minimum Gasteiger partial charge on any atom is -0.452 e. The first-order chi connectivity index (χ1) is 13.0. The van der Waals surface area contributed by atoms with Crippen LogP contribution in [-0.4, -0.2) is 41.0 Å². The third-order valence-corrected chi connectivity index (χ3v) is 6.12. The summed E-state index contributed by atoms with van der Waals surface area (Å²) in [6.45, 7) is 4.91. The summed E-state index contributed by atoms with van der Waals surface area (Å²) in [6.07, 6.45) is 6.51. The van der Waals surface area contributed by atoms with E-state index in [0.717, 1.165) is 49.6 Å². The van der Waals surface area contributed by atoms with Crippen LogP contribution in [0.5, 0.6) is 0 Å². The number of aromatic amines is 1. The molecule has 27 heavy (non-hydrogen) atoms. The normalized spacial score (nSPS) is 22.5. The van der Waals surface area contributed by atoms with Crippen LogP contribution in [0, 0.1) is 5.92 Å². The van der Waals surface area contributed by atoms with Gasteiger partial charge < -0.3 is 14.6 Å². The Morgan fingerprint density at radius 2 is 2.07 bits per heavy atom. The van der Waals surface area contributed by atoms with Crippen LogP contribution >= 0.6 is 0 Å². The highest BCUT2D eigenvalue weighted by molar-refractivity contribution is 5.97. The molecule has 1 aliphatic heterocycles. The lowest BCUT2D eigenvalue weighted by Crippen LogP contribution is -2.44. The number of benzene rings is 1. The number of carbonyl (C=O) groups excluding carboxylic acids is 2. The minimum atomic E-state index is -0.422. The number of amides is 1. The summed E-state index contributed by atoms with van der Waals surface area (Å²) in [6, 6.07) is 5.88. The molecule has 1 saturated heterocycles. The third-order valence-electron chi connectivity index (χ3n) is 6.12. The Morgan fingerprint density at radius 3 is 2.89 bits per heavy atom. The lowest BCUT2D eigenvalue weighted by Gasteiger charge is -2.33. The smallest absolute Gasteiger partial charge is 0.338 e. The van der Waals surface area contributed by atoms with Gasteiger partial charge in [-0.05, 0) is 75.1 Å². The van der Waals surface area contributed by atoms with E-state index in [9.17, 15) is 9.59 Å². The van der Waals surface area contributed by atoms with Crippen molar-refractivity contribution in [3.63, 3.8) is 0 Å². The number of esters is 1. The van der Waals surface area contributed by atoms with Gasteiger partial charge in [-0.15, -0.1) is 0 Å². The largest absolute Gasteiger partial charge is 0.452 e. The Kier molecular flexibility index (Phi) is 4.94. The molecule has 5 nitrogen and oxygen atoms in total. The molecule has 2 aromatic rings. The molecule has 0 bridgehead atoms. The van der Waals surface area contributed by atoms with Gasteiger partial charge in [0.2, 0.25) is 0 Å². The number of carbonyl (C=O) groups is 2. The number of H-pyrrole nitrogens is 1. The Labute approximate surface area is 160 Å². The first-order valence-electron chi connectivity index (χ1n) is 10.1. The van der Waals surface area contributed by atoms with Gasteiger partial charge in [0.05, 0.1) is 5.56 Å². The van der Waals surface area contributed by atoms with E-state index in [1.54, 1.807) is 6.07 Å². The van der Waals surface area contributed by atoms with Gasteiger partial charge in [-0.3, -0.25) is 4.79 Å². The summed E-state index contributed by atoms with van der Waals surface area (Å²) in [5.41, 5.74) is 4.21. The molecule has 2 aliphatic rings. The summed E-state index contributed by atoms with van der Waals surface area (Å²) in [5.74, 6) is 0.148. The van der Waals surface area contributed by atoms with Gasteiger partial charge in [-0.25, -0.2) is 4.79 Å². The van der Waals surface area contributed by atoms with E-state index in [-0.39, 0.29) is 18.6 Å². The topological polar surface area (TPSA) is 62.4 Å². The maximum Gasteiger partial charge on any atom is 0.338 e. The second-order valence-corrected chi connectivity index (χ2v) is 8.20. The minimum absolute atomic E-state index is 0.0931. The first-order valence-corrected chi connectivity index (χ1v) is 10.1. The molecular formula is C22H28N2O3. The van der Waals surface area contributed by atoms with Gasteiger partial charge in [0.25, 0.3) is 5.91 Å². The zero-order valence-corrected chi connectivity index (χ0v) is 16.2. The van der Waals surface area contributed by atoms with Crippen molar-refractivity contribution in [1.29, 1.82) is 0 Å². The first kappa shape index (κ1) is 18.1. The number of nitrogens with one attached hydrogen (secondary N) is 1. The van der Waals surface area contributed by atoms with Crippen molar-refractivity contribution in [1.82, 2.24) is 9.88 Å². The molecule has 1 aromatic heterocycles. The van der Waals surface area contributed by atoms with Gasteiger partial charge in [0, 0.05) is 29.2 Å². The molecule has 0 spiro atoms. The average Bonchev–Trinajstić information content (AvgIpc) is 3.03. The Balaban J connectivity index is 1.46. The van der Waals surface area contributed by atoms with Crippen molar-refractivity contribution in [2.45, 2.75) is 58.4 Å². The average molecular weight is 368 g/mol. The highest BCUT2D eigenvalue weighted by atomic mass is 16.5. The summed E-state index contributed by atoms with van der Waals surface area (Å²) >= 11 is 0. The molecule has 2 heterocycles. The van der Waals surface area contributed by atoms with E-state index in [0.29, 0.717) is 11.5 Å². The molecule has 0 unspecified atom stereocenters. The summed E-state index contributed by atoms with van der Waals surface area (Å²) in [7, 11) is 0. The van der Waals surface area contributed by atoms with Gasteiger partial charge in [0.1, 0.15) is 0 Å². The van der Waals surface area contributed by atoms with Gasteiger partial charge >= 0.3 is 5.97 Å². The lowest BCUT2D eigenvalue weighted by molar-refractivity contribution is -0.137. The van der Waals surface area contributed by atoms with Crippen LogP contribution in [0.4, 0.5) is 0 Å². The lowest BCUT2D eigenvalue weighted by atomic mass is 9.87. The zero-order chi connectivity index (χ0) is 19.0. The molecule has 1 aliphatic carbocycles. The third kappa shape index (κ3) is 3.60. The van der Waals surface area contributed by atoms with E-state index in [1.807, 2.05) is 17.0 Å². The monoisotopic (exact) mass is 368 g/mol. The number of hydrogen-bond donors (Lipinski definition) is 1. The summed E-state index contributed by atoms with van der Waals surface area (Å²) in [4.78, 5) is 30.2. The van der Waals surface area contributed by atoms with E-state index in [1.165, 1.54) is 17.7 Å². The van der Waals surface area contributed by atoms with Crippen LogP contribution in [0.25, 0.3) is 10.9 Å². The Morgan fingerprint density at radius 1 is 1.22 bits per heavy atom. The standard InChI is InChI=1S/C22H28N2O3/c1-14-6-8-19-17(11-14)18-12-16(7-9-20(18)23-19)22(26)27-13-21(25)24-10-4-3-5-15(24)2/h7,9,12,14-15,23H,3-6,8,10-11,13H2,1-2H3/t14-,15+/m0/s1. The van der Waals surface area contributed by atoms with Crippen molar-refractivity contribution in [3.05, 3.63) is 35.0 Å². The van der Waals surface area contributed by atoms with Crippen LogP contribution in [0.15, 0.2) is 18.2 Å².